The molecular formula is C10H12N2O. The fourth-order valence-electron chi connectivity index (χ4n) is 0.990. The van der Waals surface area contributed by atoms with Crippen LogP contribution in [0.3, 0.4) is 0 Å². The van der Waals surface area contributed by atoms with Gasteiger partial charge in [0.15, 0.2) is 0 Å². The lowest BCUT2D eigenvalue weighted by molar-refractivity contribution is 0.305. The van der Waals surface area contributed by atoms with E-state index in [1.165, 1.54) is 0 Å². The highest BCUT2D eigenvalue weighted by atomic mass is 16.2. The van der Waals surface area contributed by atoms with Gasteiger partial charge in [-0.15, -0.1) is 0 Å². The van der Waals surface area contributed by atoms with Crippen molar-refractivity contribution in [3.8, 4) is 11.8 Å². The van der Waals surface area contributed by atoms with Crippen LogP contribution in [0.25, 0.3) is 0 Å². The Morgan fingerprint density at radius 2 is 2.15 bits per heavy atom. The van der Waals surface area contributed by atoms with Gasteiger partial charge in [-0.2, -0.15) is 0 Å². The summed E-state index contributed by atoms with van der Waals surface area (Å²) >= 11 is 0. The summed E-state index contributed by atoms with van der Waals surface area (Å²) in [5.41, 5.74) is 1.64. The molecule has 1 rings (SSSR count). The van der Waals surface area contributed by atoms with Crippen LogP contribution in [0.2, 0.25) is 0 Å². The lowest BCUT2D eigenvalue weighted by Crippen LogP contribution is -1.93. The van der Waals surface area contributed by atoms with E-state index in [0.717, 1.165) is 17.2 Å². The van der Waals surface area contributed by atoms with Gasteiger partial charge in [0.05, 0.1) is 6.61 Å². The van der Waals surface area contributed by atoms with Crippen molar-refractivity contribution in [1.82, 2.24) is 9.97 Å². The average molecular weight is 176 g/mol. The molecule has 1 heterocycles. The Morgan fingerprint density at radius 1 is 1.38 bits per heavy atom. The highest BCUT2D eigenvalue weighted by molar-refractivity contribution is 5.28. The number of aliphatic hydroxyl groups is 1. The second kappa shape index (κ2) is 4.58. The third-order valence-electron chi connectivity index (χ3n) is 1.42. The van der Waals surface area contributed by atoms with Crippen LogP contribution in [0.5, 0.6) is 0 Å². The summed E-state index contributed by atoms with van der Waals surface area (Å²) in [6.07, 6.45) is 0.488. The Kier molecular flexibility index (Phi) is 3.41. The molecule has 0 aliphatic rings. The Morgan fingerprint density at radius 3 is 2.77 bits per heavy atom. The summed E-state index contributed by atoms with van der Waals surface area (Å²) in [7, 11) is 0. The fourth-order valence-corrected chi connectivity index (χ4v) is 0.990. The van der Waals surface area contributed by atoms with Gasteiger partial charge >= 0.3 is 0 Å². The molecule has 0 saturated carbocycles. The van der Waals surface area contributed by atoms with Gasteiger partial charge < -0.3 is 5.11 Å². The van der Waals surface area contributed by atoms with Crippen molar-refractivity contribution >= 4 is 0 Å². The maximum absolute atomic E-state index is 8.52. The largest absolute Gasteiger partial charge is 0.395 e. The van der Waals surface area contributed by atoms with Crippen LogP contribution in [0.1, 0.15) is 23.6 Å². The van der Waals surface area contributed by atoms with E-state index in [0.29, 0.717) is 6.42 Å². The van der Waals surface area contributed by atoms with Crippen LogP contribution in [0.4, 0.5) is 0 Å². The zero-order valence-corrected chi connectivity index (χ0v) is 7.83. The highest BCUT2D eigenvalue weighted by Crippen LogP contribution is 1.97. The molecule has 0 spiro atoms. The van der Waals surface area contributed by atoms with E-state index >= 15 is 0 Å². The quantitative estimate of drug-likeness (QED) is 0.644. The zero-order valence-electron chi connectivity index (χ0n) is 7.83. The molecular weight excluding hydrogens is 164 g/mol. The number of hydrogen-bond donors (Lipinski definition) is 1. The number of aromatic nitrogens is 2. The van der Waals surface area contributed by atoms with Crippen molar-refractivity contribution in [2.45, 2.75) is 20.3 Å². The Labute approximate surface area is 77.9 Å². The molecule has 1 aromatic heterocycles. The van der Waals surface area contributed by atoms with Gasteiger partial charge in [0.25, 0.3) is 0 Å². The molecule has 0 saturated heterocycles. The molecule has 0 aliphatic heterocycles. The number of rotatable bonds is 1. The summed E-state index contributed by atoms with van der Waals surface area (Å²) in [6, 6.07) is 1.83. The molecule has 0 aromatic carbocycles. The molecule has 0 fully saturated rings. The van der Waals surface area contributed by atoms with Gasteiger partial charge in [-0.1, -0.05) is 5.92 Å². The van der Waals surface area contributed by atoms with E-state index < -0.39 is 0 Å². The normalized spacial score (nSPS) is 9.15. The predicted octanol–water partition coefficient (Wildman–Crippen LogP) is 0.827. The molecule has 0 amide bonds. The van der Waals surface area contributed by atoms with Gasteiger partial charge in [0.2, 0.25) is 0 Å². The van der Waals surface area contributed by atoms with Crippen LogP contribution in [-0.4, -0.2) is 21.7 Å². The standard InChI is InChI=1S/C10H12N2O/c1-8-7-10(5-3-4-6-13)12-9(2)11-8/h7,13H,4,6H2,1-2H3. The lowest BCUT2D eigenvalue weighted by atomic mass is 10.3. The smallest absolute Gasteiger partial charge is 0.126 e. The maximum Gasteiger partial charge on any atom is 0.126 e. The van der Waals surface area contributed by atoms with E-state index in [1.807, 2.05) is 19.9 Å². The highest BCUT2D eigenvalue weighted by Gasteiger charge is 1.93. The lowest BCUT2D eigenvalue weighted by Gasteiger charge is -1.95. The summed E-state index contributed by atoms with van der Waals surface area (Å²) in [5, 5.41) is 8.52. The number of aryl methyl sites for hydroxylation is 2. The molecule has 13 heavy (non-hydrogen) atoms. The van der Waals surface area contributed by atoms with Gasteiger partial charge in [0.1, 0.15) is 11.5 Å². The molecule has 1 aromatic rings. The molecule has 68 valence electrons. The third kappa shape index (κ3) is 3.22. The van der Waals surface area contributed by atoms with Crippen molar-refractivity contribution in [3.05, 3.63) is 23.3 Å². The first-order valence-corrected chi connectivity index (χ1v) is 4.14. The first-order chi connectivity index (χ1) is 6.22. The second-order valence-corrected chi connectivity index (χ2v) is 2.72. The van der Waals surface area contributed by atoms with Gasteiger partial charge in [-0.05, 0) is 25.8 Å². The topological polar surface area (TPSA) is 46.0 Å². The summed E-state index contributed by atoms with van der Waals surface area (Å²) in [4.78, 5) is 8.27. The molecule has 3 nitrogen and oxygen atoms in total. The number of aliphatic hydroxyl groups excluding tert-OH is 1. The van der Waals surface area contributed by atoms with Gasteiger partial charge in [-0.3, -0.25) is 0 Å². The van der Waals surface area contributed by atoms with Crippen LogP contribution < -0.4 is 0 Å². The van der Waals surface area contributed by atoms with Crippen molar-refractivity contribution in [3.63, 3.8) is 0 Å². The van der Waals surface area contributed by atoms with E-state index in [1.54, 1.807) is 0 Å². The molecule has 0 unspecified atom stereocenters. The third-order valence-corrected chi connectivity index (χ3v) is 1.42. The van der Waals surface area contributed by atoms with Crippen LogP contribution in [0, 0.1) is 25.7 Å². The van der Waals surface area contributed by atoms with Crippen molar-refractivity contribution in [1.29, 1.82) is 0 Å². The zero-order chi connectivity index (χ0) is 9.68. The maximum atomic E-state index is 8.52. The molecule has 0 atom stereocenters. The Balaban J connectivity index is 2.85. The summed E-state index contributed by atoms with van der Waals surface area (Å²) in [6.45, 7) is 3.84. The number of nitrogens with zero attached hydrogens (tertiary/aromatic N) is 2. The first kappa shape index (κ1) is 9.69. The van der Waals surface area contributed by atoms with Crippen molar-refractivity contribution < 1.29 is 5.11 Å². The van der Waals surface area contributed by atoms with E-state index in [2.05, 4.69) is 21.8 Å². The average Bonchev–Trinajstić information content (AvgIpc) is 2.03. The minimum absolute atomic E-state index is 0.0933. The van der Waals surface area contributed by atoms with Crippen LogP contribution in [0.15, 0.2) is 6.07 Å². The minimum Gasteiger partial charge on any atom is -0.395 e. The SMILES string of the molecule is Cc1cc(C#CCCO)nc(C)n1. The number of hydrogen-bond acceptors (Lipinski definition) is 3. The van der Waals surface area contributed by atoms with E-state index in [4.69, 9.17) is 5.11 Å². The monoisotopic (exact) mass is 176 g/mol. The summed E-state index contributed by atoms with van der Waals surface area (Å²) in [5.74, 6) is 6.41. The molecule has 1 N–H and O–H groups in total. The molecule has 0 bridgehead atoms. The van der Waals surface area contributed by atoms with Gasteiger partial charge in [0, 0.05) is 12.1 Å². The second-order valence-electron chi connectivity index (χ2n) is 2.72. The molecule has 3 heteroatoms. The van der Waals surface area contributed by atoms with E-state index in [9.17, 15) is 0 Å². The predicted molar refractivity (Wildman–Crippen MR) is 50.1 cm³/mol. The Bertz CT molecular complexity index is 329. The van der Waals surface area contributed by atoms with Crippen LogP contribution in [-0.2, 0) is 0 Å². The first-order valence-electron chi connectivity index (χ1n) is 4.14. The minimum atomic E-state index is 0.0933. The van der Waals surface area contributed by atoms with Gasteiger partial charge in [-0.25, -0.2) is 9.97 Å². The fraction of sp³-hybridized carbons (Fsp3) is 0.400. The Hall–Kier alpha value is -1.40. The van der Waals surface area contributed by atoms with Crippen molar-refractivity contribution in [2.24, 2.45) is 0 Å². The molecule has 0 aliphatic carbocycles. The molecule has 0 radical (unpaired) electrons. The van der Waals surface area contributed by atoms with E-state index in [-0.39, 0.29) is 6.61 Å². The van der Waals surface area contributed by atoms with Crippen LogP contribution >= 0.6 is 0 Å². The summed E-state index contributed by atoms with van der Waals surface area (Å²) < 4.78 is 0. The van der Waals surface area contributed by atoms with Crippen molar-refractivity contribution in [2.75, 3.05) is 6.61 Å².